The molecule has 0 radical (unpaired) electrons. The number of nitriles is 1. The molecule has 0 aliphatic heterocycles. The van der Waals surface area contributed by atoms with Crippen molar-refractivity contribution in [2.45, 2.75) is 39.9 Å². The number of nitrogens with one attached hydrogen (secondary N) is 1. The van der Waals surface area contributed by atoms with Crippen molar-refractivity contribution in [3.05, 3.63) is 41.0 Å². The first-order chi connectivity index (χ1) is 14.7. The van der Waals surface area contributed by atoms with E-state index in [0.717, 1.165) is 0 Å². The number of benzene rings is 1. The Hall–Kier alpha value is -3.64. The summed E-state index contributed by atoms with van der Waals surface area (Å²) in [6.07, 6.45) is -0.644. The molecule has 0 saturated heterocycles. The van der Waals surface area contributed by atoms with Gasteiger partial charge in [-0.1, -0.05) is 11.6 Å². The lowest BCUT2D eigenvalue weighted by Gasteiger charge is -2.13. The molecule has 3 rings (SSSR count). The van der Waals surface area contributed by atoms with Gasteiger partial charge in [0.15, 0.2) is 11.5 Å². The summed E-state index contributed by atoms with van der Waals surface area (Å²) in [5, 5.41) is 12.1. The van der Waals surface area contributed by atoms with Crippen LogP contribution in [0.1, 0.15) is 33.3 Å². The Balaban J connectivity index is 2.15. The number of aromatic nitrogens is 3. The second kappa shape index (κ2) is 9.02. The summed E-state index contributed by atoms with van der Waals surface area (Å²) in [6.45, 7) is 6.90. The van der Waals surface area contributed by atoms with Crippen LogP contribution < -0.4 is 5.32 Å². The van der Waals surface area contributed by atoms with Crippen molar-refractivity contribution in [2.24, 2.45) is 0 Å². The second-order valence-electron chi connectivity index (χ2n) is 7.16. The van der Waals surface area contributed by atoms with E-state index in [9.17, 15) is 14.9 Å². The zero-order chi connectivity index (χ0) is 22.7. The van der Waals surface area contributed by atoms with Crippen molar-refractivity contribution in [1.82, 2.24) is 14.5 Å². The molecule has 10 heteroatoms. The molecular formula is C21H20ClN5O4. The number of carbonyl (C=O) groups is 2. The number of halogens is 1. The molecule has 0 atom stereocenters. The molecule has 0 unspecified atom stereocenters. The van der Waals surface area contributed by atoms with Gasteiger partial charge in [0.05, 0.1) is 28.3 Å². The molecule has 2 aromatic heterocycles. The fourth-order valence-corrected chi connectivity index (χ4v) is 2.98. The minimum atomic E-state index is -0.696. The largest absolute Gasteiger partial charge is 0.447 e. The Morgan fingerprint density at radius 2 is 1.87 bits per heavy atom. The number of fused-ring (bicyclic) bond motifs is 1. The van der Waals surface area contributed by atoms with Crippen LogP contribution in [-0.4, -0.2) is 38.9 Å². The zero-order valence-corrected chi connectivity index (χ0v) is 18.1. The normalized spacial score (nSPS) is 10.9. The Kier molecular flexibility index (Phi) is 6.42. The van der Waals surface area contributed by atoms with Crippen molar-refractivity contribution < 1.29 is 19.1 Å². The quantitative estimate of drug-likeness (QED) is 0.606. The molecule has 1 amide bonds. The van der Waals surface area contributed by atoms with Crippen LogP contribution in [0.4, 0.5) is 15.3 Å². The molecule has 0 bridgehead atoms. The maximum atomic E-state index is 12.9. The number of carbonyl (C=O) groups excluding carboxylic acids is 2. The number of amides is 1. The highest BCUT2D eigenvalue weighted by molar-refractivity contribution is 6.33. The number of hydrogen-bond donors (Lipinski definition) is 1. The van der Waals surface area contributed by atoms with E-state index in [1.807, 2.05) is 6.07 Å². The summed E-state index contributed by atoms with van der Waals surface area (Å²) in [4.78, 5) is 33.4. The van der Waals surface area contributed by atoms with E-state index in [1.54, 1.807) is 45.9 Å². The van der Waals surface area contributed by atoms with Gasteiger partial charge < -0.3 is 9.47 Å². The van der Waals surface area contributed by atoms with E-state index >= 15 is 0 Å². The first-order valence-corrected chi connectivity index (χ1v) is 9.84. The van der Waals surface area contributed by atoms with E-state index in [-0.39, 0.29) is 34.3 Å². The van der Waals surface area contributed by atoms with Crippen LogP contribution >= 0.6 is 11.6 Å². The molecule has 9 nitrogen and oxygen atoms in total. The maximum absolute atomic E-state index is 12.9. The lowest BCUT2D eigenvalue weighted by Crippen LogP contribution is -2.19. The molecule has 31 heavy (non-hydrogen) atoms. The third kappa shape index (κ3) is 4.92. The van der Waals surface area contributed by atoms with Crippen molar-refractivity contribution in [3.8, 4) is 17.5 Å². The molecule has 0 aliphatic carbocycles. The van der Waals surface area contributed by atoms with Crippen LogP contribution in [0.25, 0.3) is 22.6 Å². The minimum Gasteiger partial charge on any atom is -0.447 e. The fraction of sp³-hybridized carbons (Fsp3) is 0.286. The lowest BCUT2D eigenvalue weighted by atomic mass is 10.2. The number of pyridine rings is 1. The summed E-state index contributed by atoms with van der Waals surface area (Å²) in [5.41, 5.74) is 1.56. The van der Waals surface area contributed by atoms with Crippen LogP contribution in [0, 0.1) is 11.3 Å². The Morgan fingerprint density at radius 3 is 2.52 bits per heavy atom. The summed E-state index contributed by atoms with van der Waals surface area (Å²) < 4.78 is 11.7. The molecule has 0 saturated carbocycles. The predicted octanol–water partition coefficient (Wildman–Crippen LogP) is 4.97. The van der Waals surface area contributed by atoms with Gasteiger partial charge in [0.1, 0.15) is 6.07 Å². The first kappa shape index (κ1) is 22.1. The molecule has 0 spiro atoms. The summed E-state index contributed by atoms with van der Waals surface area (Å²) in [7, 11) is 0. The van der Waals surface area contributed by atoms with Gasteiger partial charge in [-0.3, -0.25) is 5.32 Å². The Labute approximate surface area is 183 Å². The average Bonchev–Trinajstić information content (AvgIpc) is 3.06. The van der Waals surface area contributed by atoms with Crippen LogP contribution in [-0.2, 0) is 9.47 Å². The van der Waals surface area contributed by atoms with E-state index in [4.69, 9.17) is 21.1 Å². The van der Waals surface area contributed by atoms with Crippen molar-refractivity contribution in [1.29, 1.82) is 5.26 Å². The Morgan fingerprint density at radius 1 is 1.16 bits per heavy atom. The number of imidazole rings is 1. The summed E-state index contributed by atoms with van der Waals surface area (Å²) >= 11 is 6.40. The van der Waals surface area contributed by atoms with Gasteiger partial charge in [-0.25, -0.2) is 24.1 Å². The SMILES string of the molecule is CC(C)OC(=O)Nc1ccc(Cl)c(-c2nc3ncc(C#N)cc3n2C(=O)OC(C)C)c1. The van der Waals surface area contributed by atoms with E-state index in [2.05, 4.69) is 15.3 Å². The lowest BCUT2D eigenvalue weighted by molar-refractivity contribution is 0.118. The van der Waals surface area contributed by atoms with Crippen LogP contribution in [0.15, 0.2) is 30.5 Å². The maximum Gasteiger partial charge on any atom is 0.420 e. The predicted molar refractivity (Wildman–Crippen MR) is 115 cm³/mol. The molecule has 2 heterocycles. The van der Waals surface area contributed by atoms with Gasteiger partial charge in [0, 0.05) is 17.4 Å². The molecule has 0 aliphatic rings. The van der Waals surface area contributed by atoms with Gasteiger partial charge in [0.25, 0.3) is 0 Å². The number of hydrogen-bond acceptors (Lipinski definition) is 7. The van der Waals surface area contributed by atoms with Crippen LogP contribution in [0.3, 0.4) is 0 Å². The number of anilines is 1. The van der Waals surface area contributed by atoms with Crippen molar-refractivity contribution in [3.63, 3.8) is 0 Å². The third-order valence-corrected chi connectivity index (χ3v) is 4.29. The van der Waals surface area contributed by atoms with E-state index in [1.165, 1.54) is 16.8 Å². The Bertz CT molecular complexity index is 1200. The summed E-state index contributed by atoms with van der Waals surface area (Å²) in [6, 6.07) is 8.21. The van der Waals surface area contributed by atoms with Gasteiger partial charge in [-0.2, -0.15) is 5.26 Å². The fourth-order valence-electron chi connectivity index (χ4n) is 2.78. The highest BCUT2D eigenvalue weighted by Gasteiger charge is 2.23. The van der Waals surface area contributed by atoms with Crippen molar-refractivity contribution in [2.75, 3.05) is 5.32 Å². The monoisotopic (exact) mass is 441 g/mol. The molecular weight excluding hydrogens is 422 g/mol. The molecule has 1 N–H and O–H groups in total. The smallest absolute Gasteiger partial charge is 0.420 e. The molecule has 1 aromatic carbocycles. The van der Waals surface area contributed by atoms with E-state index in [0.29, 0.717) is 16.8 Å². The average molecular weight is 442 g/mol. The topological polar surface area (TPSA) is 119 Å². The van der Waals surface area contributed by atoms with Crippen molar-refractivity contribution >= 4 is 40.6 Å². The number of rotatable bonds is 4. The van der Waals surface area contributed by atoms with Crippen LogP contribution in [0.2, 0.25) is 5.02 Å². The number of nitrogens with zero attached hydrogens (tertiary/aromatic N) is 4. The number of ether oxygens (including phenoxy) is 2. The first-order valence-electron chi connectivity index (χ1n) is 9.46. The highest BCUT2D eigenvalue weighted by atomic mass is 35.5. The molecule has 160 valence electrons. The minimum absolute atomic E-state index is 0.161. The second-order valence-corrected chi connectivity index (χ2v) is 7.56. The summed E-state index contributed by atoms with van der Waals surface area (Å²) in [5.74, 6) is 0.161. The molecule has 0 fully saturated rings. The third-order valence-electron chi connectivity index (χ3n) is 3.96. The molecule has 3 aromatic rings. The highest BCUT2D eigenvalue weighted by Crippen LogP contribution is 2.32. The van der Waals surface area contributed by atoms with Gasteiger partial charge >= 0.3 is 12.2 Å². The van der Waals surface area contributed by atoms with E-state index < -0.39 is 12.2 Å². The van der Waals surface area contributed by atoms with Crippen LogP contribution in [0.5, 0.6) is 0 Å². The standard InChI is InChI=1S/C21H20ClN5O4/c1-11(2)30-20(28)25-14-5-6-16(22)15(8-14)19-26-18-17(7-13(9-23)10-24-18)27(19)21(29)31-12(3)4/h5-8,10-12H,1-4H3,(H,25,28). The zero-order valence-electron chi connectivity index (χ0n) is 17.3. The van der Waals surface area contributed by atoms with Gasteiger partial charge in [0.2, 0.25) is 0 Å². The van der Waals surface area contributed by atoms with Gasteiger partial charge in [-0.05, 0) is 52.0 Å². The van der Waals surface area contributed by atoms with Gasteiger partial charge in [-0.15, -0.1) is 0 Å².